The van der Waals surface area contributed by atoms with Crippen LogP contribution in [0, 0.1) is 0 Å². The van der Waals surface area contributed by atoms with Gasteiger partial charge in [-0.1, -0.05) is 6.07 Å². The molecule has 2 aromatic carbocycles. The number of aromatic nitrogens is 4. The summed E-state index contributed by atoms with van der Waals surface area (Å²) in [7, 11) is 3.21. The lowest BCUT2D eigenvalue weighted by molar-refractivity contribution is 0.305. The number of methoxy groups -OCH3 is 2. The van der Waals surface area contributed by atoms with Crippen molar-refractivity contribution < 1.29 is 14.6 Å². The molecule has 4 aromatic rings. The second-order valence-corrected chi connectivity index (χ2v) is 8.72. The number of rotatable bonds is 7. The molecule has 0 radical (unpaired) electrons. The van der Waals surface area contributed by atoms with Gasteiger partial charge in [0.15, 0.2) is 5.82 Å². The quantitative estimate of drug-likeness (QED) is 0.449. The lowest BCUT2D eigenvalue weighted by atomic mass is 10.1. The van der Waals surface area contributed by atoms with Gasteiger partial charge >= 0.3 is 0 Å². The Bertz CT molecular complexity index is 1240. The van der Waals surface area contributed by atoms with E-state index in [0.717, 1.165) is 27.8 Å². The summed E-state index contributed by atoms with van der Waals surface area (Å²) in [6.07, 6.45) is 5.62. The minimum Gasteiger partial charge on any atom is -0.497 e. The number of nitrogens with zero attached hydrogens (tertiary/aromatic N) is 5. The van der Waals surface area contributed by atoms with E-state index in [1.807, 2.05) is 52.3 Å². The highest BCUT2D eigenvalue weighted by molar-refractivity contribution is 5.82. The number of ether oxygens (including phenoxy) is 2. The van der Waals surface area contributed by atoms with Crippen LogP contribution < -0.4 is 14.4 Å². The standard InChI is InChI=1S/C25H29N5O3/c1-25(2,3)30-16-18(14-27-30)17-6-7-22-23(10-17)28-24(15-26-22)29(8-9-31)19-11-20(32-4)13-21(12-19)33-5/h6-7,10-16,31H,8-9H2,1-5H3. The van der Waals surface area contributed by atoms with Gasteiger partial charge < -0.3 is 19.5 Å². The molecule has 2 aromatic heterocycles. The highest BCUT2D eigenvalue weighted by Gasteiger charge is 2.17. The van der Waals surface area contributed by atoms with E-state index in [2.05, 4.69) is 30.9 Å². The molecule has 0 unspecified atom stereocenters. The third-order valence-corrected chi connectivity index (χ3v) is 5.38. The average Bonchev–Trinajstić information content (AvgIpc) is 3.32. The van der Waals surface area contributed by atoms with Crippen LogP contribution in [0.1, 0.15) is 20.8 Å². The van der Waals surface area contributed by atoms with Crippen LogP contribution in [-0.2, 0) is 5.54 Å². The topological polar surface area (TPSA) is 85.5 Å². The summed E-state index contributed by atoms with van der Waals surface area (Å²) in [6.45, 7) is 6.64. The minimum atomic E-state index is -0.0926. The van der Waals surface area contributed by atoms with Crippen molar-refractivity contribution >= 4 is 22.5 Å². The zero-order valence-electron chi connectivity index (χ0n) is 19.6. The summed E-state index contributed by atoms with van der Waals surface area (Å²) in [5.74, 6) is 1.92. The Morgan fingerprint density at radius 2 is 1.67 bits per heavy atom. The van der Waals surface area contributed by atoms with Crippen molar-refractivity contribution in [2.24, 2.45) is 0 Å². The molecule has 0 fully saturated rings. The van der Waals surface area contributed by atoms with Crippen molar-refractivity contribution in [3.63, 3.8) is 0 Å². The zero-order chi connectivity index (χ0) is 23.6. The van der Waals surface area contributed by atoms with Gasteiger partial charge in [-0.2, -0.15) is 5.10 Å². The van der Waals surface area contributed by atoms with E-state index in [4.69, 9.17) is 14.5 Å². The molecule has 1 N–H and O–H groups in total. The van der Waals surface area contributed by atoms with E-state index in [0.29, 0.717) is 23.9 Å². The smallest absolute Gasteiger partial charge is 0.152 e. The Labute approximate surface area is 193 Å². The van der Waals surface area contributed by atoms with Gasteiger partial charge in [-0.15, -0.1) is 0 Å². The molecule has 172 valence electrons. The fraction of sp³-hybridized carbons (Fsp3) is 0.320. The van der Waals surface area contributed by atoms with Crippen molar-refractivity contribution in [1.82, 2.24) is 19.7 Å². The summed E-state index contributed by atoms with van der Waals surface area (Å²) in [5, 5.41) is 14.2. The first-order chi connectivity index (χ1) is 15.8. The van der Waals surface area contributed by atoms with E-state index < -0.39 is 0 Å². The molecule has 8 heteroatoms. The number of hydrogen-bond donors (Lipinski definition) is 1. The molecule has 0 saturated carbocycles. The Morgan fingerprint density at radius 1 is 0.939 bits per heavy atom. The van der Waals surface area contributed by atoms with Gasteiger partial charge in [0, 0.05) is 42.2 Å². The van der Waals surface area contributed by atoms with Crippen molar-refractivity contribution in [2.45, 2.75) is 26.3 Å². The molecule has 0 atom stereocenters. The second kappa shape index (κ2) is 9.07. The summed E-state index contributed by atoms with van der Waals surface area (Å²) in [4.78, 5) is 11.4. The summed E-state index contributed by atoms with van der Waals surface area (Å²) in [6, 6.07) is 11.6. The Balaban J connectivity index is 1.76. The number of benzene rings is 2. The van der Waals surface area contributed by atoms with Crippen molar-refractivity contribution in [1.29, 1.82) is 0 Å². The molecular formula is C25H29N5O3. The van der Waals surface area contributed by atoms with Crippen molar-refractivity contribution in [3.8, 4) is 22.6 Å². The third-order valence-electron chi connectivity index (χ3n) is 5.38. The van der Waals surface area contributed by atoms with Crippen LogP contribution in [-0.4, -0.2) is 52.2 Å². The van der Waals surface area contributed by atoms with Gasteiger partial charge in [0.05, 0.1) is 49.8 Å². The molecule has 2 heterocycles. The van der Waals surface area contributed by atoms with E-state index in [-0.39, 0.29) is 12.1 Å². The van der Waals surface area contributed by atoms with Crippen LogP contribution >= 0.6 is 0 Å². The lowest BCUT2D eigenvalue weighted by Crippen LogP contribution is -2.22. The van der Waals surface area contributed by atoms with Crippen molar-refractivity contribution in [3.05, 3.63) is 55.0 Å². The molecule has 0 aliphatic carbocycles. The molecule has 4 rings (SSSR count). The molecule has 0 spiro atoms. The molecule has 0 aliphatic heterocycles. The summed E-state index contributed by atoms with van der Waals surface area (Å²) in [5.41, 5.74) is 4.27. The minimum absolute atomic E-state index is 0.0503. The SMILES string of the molecule is COc1cc(OC)cc(N(CCO)c2cnc3ccc(-c4cnn(C(C)(C)C)c4)cc3n2)c1. The third kappa shape index (κ3) is 4.75. The predicted molar refractivity (Wildman–Crippen MR) is 129 cm³/mol. The normalized spacial score (nSPS) is 11.6. The van der Waals surface area contributed by atoms with Gasteiger partial charge in [0.25, 0.3) is 0 Å². The van der Waals surface area contributed by atoms with E-state index in [9.17, 15) is 5.11 Å². The number of aliphatic hydroxyl groups excluding tert-OH is 1. The fourth-order valence-corrected chi connectivity index (χ4v) is 3.57. The predicted octanol–water partition coefficient (Wildman–Crippen LogP) is 4.40. The molecule has 0 saturated heterocycles. The number of aliphatic hydroxyl groups is 1. The van der Waals surface area contributed by atoms with Crippen LogP contribution in [0.4, 0.5) is 11.5 Å². The number of anilines is 2. The largest absolute Gasteiger partial charge is 0.497 e. The molecule has 0 amide bonds. The monoisotopic (exact) mass is 447 g/mol. The fourth-order valence-electron chi connectivity index (χ4n) is 3.57. The maximum absolute atomic E-state index is 9.72. The van der Waals surface area contributed by atoms with Crippen LogP contribution in [0.5, 0.6) is 11.5 Å². The highest BCUT2D eigenvalue weighted by atomic mass is 16.5. The van der Waals surface area contributed by atoms with E-state index >= 15 is 0 Å². The second-order valence-electron chi connectivity index (χ2n) is 8.72. The van der Waals surface area contributed by atoms with Crippen LogP contribution in [0.25, 0.3) is 22.2 Å². The van der Waals surface area contributed by atoms with Crippen LogP contribution in [0.15, 0.2) is 55.0 Å². The van der Waals surface area contributed by atoms with Crippen molar-refractivity contribution in [2.75, 3.05) is 32.3 Å². The van der Waals surface area contributed by atoms with Gasteiger partial charge in [0.2, 0.25) is 0 Å². The maximum atomic E-state index is 9.72. The van der Waals surface area contributed by atoms with Gasteiger partial charge in [0.1, 0.15) is 11.5 Å². The van der Waals surface area contributed by atoms with E-state index in [1.165, 1.54) is 0 Å². The Hall–Kier alpha value is -3.65. The summed E-state index contributed by atoms with van der Waals surface area (Å²) < 4.78 is 12.8. The Kier molecular flexibility index (Phi) is 6.20. The van der Waals surface area contributed by atoms with E-state index in [1.54, 1.807) is 26.5 Å². The molecule has 0 aliphatic rings. The van der Waals surface area contributed by atoms with Crippen LogP contribution in [0.2, 0.25) is 0 Å². The Morgan fingerprint density at radius 3 is 2.27 bits per heavy atom. The lowest BCUT2D eigenvalue weighted by Gasteiger charge is -2.24. The molecule has 8 nitrogen and oxygen atoms in total. The number of fused-ring (bicyclic) bond motifs is 1. The first kappa shape index (κ1) is 22.5. The number of hydrogen-bond acceptors (Lipinski definition) is 7. The first-order valence-electron chi connectivity index (χ1n) is 10.8. The first-order valence-corrected chi connectivity index (χ1v) is 10.8. The highest BCUT2D eigenvalue weighted by Crippen LogP contribution is 2.33. The van der Waals surface area contributed by atoms with Gasteiger partial charge in [-0.05, 0) is 38.5 Å². The average molecular weight is 448 g/mol. The molecule has 0 bridgehead atoms. The molecule has 33 heavy (non-hydrogen) atoms. The molecular weight excluding hydrogens is 418 g/mol. The maximum Gasteiger partial charge on any atom is 0.152 e. The van der Waals surface area contributed by atoms with Gasteiger partial charge in [-0.3, -0.25) is 9.67 Å². The zero-order valence-corrected chi connectivity index (χ0v) is 19.6. The van der Waals surface area contributed by atoms with Gasteiger partial charge in [-0.25, -0.2) is 4.98 Å². The summed E-state index contributed by atoms with van der Waals surface area (Å²) >= 11 is 0. The van der Waals surface area contributed by atoms with Crippen LogP contribution in [0.3, 0.4) is 0 Å².